The standard InChI is InChI=1S/C15H17FN2O3/c1-15(14(17)21)6-7-18(9-15)12-4-3-11(16)8-10(12)2-5-13(19)20/h2-5,8H,6-7,9H2,1H3,(H2,17,21)(H,19,20)/b5-2+. The van der Waals surface area contributed by atoms with Gasteiger partial charge in [0.15, 0.2) is 0 Å². The molecule has 1 aromatic rings. The summed E-state index contributed by atoms with van der Waals surface area (Å²) in [4.78, 5) is 24.0. The van der Waals surface area contributed by atoms with Gasteiger partial charge in [0, 0.05) is 30.4 Å². The van der Waals surface area contributed by atoms with Crippen LogP contribution in [0.3, 0.4) is 0 Å². The lowest BCUT2D eigenvalue weighted by Crippen LogP contribution is -2.37. The molecule has 1 aliphatic rings. The number of rotatable bonds is 4. The summed E-state index contributed by atoms with van der Waals surface area (Å²) in [5.41, 5.74) is 5.95. The van der Waals surface area contributed by atoms with Crippen LogP contribution in [0.5, 0.6) is 0 Å². The molecule has 1 unspecified atom stereocenters. The molecule has 6 heteroatoms. The quantitative estimate of drug-likeness (QED) is 0.826. The summed E-state index contributed by atoms with van der Waals surface area (Å²) in [6, 6.07) is 4.17. The van der Waals surface area contributed by atoms with Crippen molar-refractivity contribution in [3.8, 4) is 0 Å². The molecule has 1 fully saturated rings. The van der Waals surface area contributed by atoms with Gasteiger partial charge in [0.2, 0.25) is 5.91 Å². The Labute approximate surface area is 121 Å². The lowest BCUT2D eigenvalue weighted by atomic mass is 9.89. The molecule has 5 nitrogen and oxygen atoms in total. The highest BCUT2D eigenvalue weighted by atomic mass is 19.1. The van der Waals surface area contributed by atoms with Crippen molar-refractivity contribution >= 4 is 23.6 Å². The van der Waals surface area contributed by atoms with Crippen LogP contribution in [0.15, 0.2) is 24.3 Å². The monoisotopic (exact) mass is 292 g/mol. The topological polar surface area (TPSA) is 83.6 Å². The Bertz CT molecular complexity index is 615. The van der Waals surface area contributed by atoms with Crippen LogP contribution in [0, 0.1) is 11.2 Å². The number of carboxylic acid groups (broad SMARTS) is 1. The van der Waals surface area contributed by atoms with Crippen molar-refractivity contribution in [1.29, 1.82) is 0 Å². The Hall–Kier alpha value is -2.37. The van der Waals surface area contributed by atoms with Crippen LogP contribution in [0.4, 0.5) is 10.1 Å². The van der Waals surface area contributed by atoms with Gasteiger partial charge in [-0.3, -0.25) is 4.79 Å². The minimum atomic E-state index is -1.10. The molecule has 112 valence electrons. The molecular weight excluding hydrogens is 275 g/mol. The Balaban J connectivity index is 2.32. The Morgan fingerprint density at radius 1 is 1.48 bits per heavy atom. The average Bonchev–Trinajstić information content (AvgIpc) is 2.80. The first-order valence-electron chi connectivity index (χ1n) is 6.57. The summed E-state index contributed by atoms with van der Waals surface area (Å²) in [6.07, 6.45) is 2.92. The molecule has 1 atom stereocenters. The van der Waals surface area contributed by atoms with E-state index in [-0.39, 0.29) is 5.91 Å². The number of carbonyl (C=O) groups is 2. The van der Waals surface area contributed by atoms with Crippen LogP contribution in [-0.4, -0.2) is 30.1 Å². The molecule has 1 heterocycles. The van der Waals surface area contributed by atoms with E-state index in [1.54, 1.807) is 13.0 Å². The lowest BCUT2D eigenvalue weighted by molar-refractivity contribution is -0.131. The first kappa shape index (κ1) is 15.0. The largest absolute Gasteiger partial charge is 0.478 e. The predicted molar refractivity (Wildman–Crippen MR) is 77.2 cm³/mol. The molecule has 0 radical (unpaired) electrons. The summed E-state index contributed by atoms with van der Waals surface area (Å²) >= 11 is 0. The van der Waals surface area contributed by atoms with Gasteiger partial charge in [-0.1, -0.05) is 0 Å². The fraction of sp³-hybridized carbons (Fsp3) is 0.333. The molecule has 21 heavy (non-hydrogen) atoms. The Morgan fingerprint density at radius 3 is 2.76 bits per heavy atom. The molecule has 2 rings (SSSR count). The third-order valence-electron chi connectivity index (χ3n) is 3.80. The van der Waals surface area contributed by atoms with Crippen molar-refractivity contribution in [2.24, 2.45) is 11.1 Å². The van der Waals surface area contributed by atoms with Gasteiger partial charge in [-0.2, -0.15) is 0 Å². The van der Waals surface area contributed by atoms with E-state index in [2.05, 4.69) is 0 Å². The lowest BCUT2D eigenvalue weighted by Gasteiger charge is -2.24. The minimum absolute atomic E-state index is 0.366. The number of benzene rings is 1. The maximum Gasteiger partial charge on any atom is 0.328 e. The molecule has 1 aromatic carbocycles. The maximum absolute atomic E-state index is 13.4. The van der Waals surface area contributed by atoms with E-state index < -0.39 is 17.2 Å². The van der Waals surface area contributed by atoms with Gasteiger partial charge in [-0.25, -0.2) is 9.18 Å². The number of nitrogens with zero attached hydrogens (tertiary/aromatic N) is 1. The van der Waals surface area contributed by atoms with E-state index in [1.807, 2.05) is 4.90 Å². The smallest absolute Gasteiger partial charge is 0.328 e. The summed E-state index contributed by atoms with van der Waals surface area (Å²) in [6.45, 7) is 2.84. The highest BCUT2D eigenvalue weighted by Crippen LogP contribution is 2.35. The third kappa shape index (κ3) is 3.21. The van der Waals surface area contributed by atoms with Gasteiger partial charge in [-0.15, -0.1) is 0 Å². The average molecular weight is 292 g/mol. The zero-order chi connectivity index (χ0) is 15.6. The van der Waals surface area contributed by atoms with Gasteiger partial charge >= 0.3 is 5.97 Å². The summed E-state index contributed by atoms with van der Waals surface area (Å²) in [7, 11) is 0. The van der Waals surface area contributed by atoms with Crippen molar-refractivity contribution in [1.82, 2.24) is 0 Å². The van der Waals surface area contributed by atoms with Crippen LogP contribution in [0.1, 0.15) is 18.9 Å². The van der Waals surface area contributed by atoms with Gasteiger partial charge in [0.1, 0.15) is 5.82 Å². The van der Waals surface area contributed by atoms with E-state index in [4.69, 9.17) is 10.8 Å². The second kappa shape index (κ2) is 5.55. The van der Waals surface area contributed by atoms with Crippen LogP contribution >= 0.6 is 0 Å². The Morgan fingerprint density at radius 2 is 2.19 bits per heavy atom. The molecule has 0 aromatic heterocycles. The number of amides is 1. The van der Waals surface area contributed by atoms with Gasteiger partial charge in [0.05, 0.1) is 5.41 Å². The van der Waals surface area contributed by atoms with Crippen LogP contribution in [-0.2, 0) is 9.59 Å². The fourth-order valence-corrected chi connectivity index (χ4v) is 2.48. The molecule has 1 saturated heterocycles. The molecule has 0 saturated carbocycles. The third-order valence-corrected chi connectivity index (χ3v) is 3.80. The number of primary amides is 1. The van der Waals surface area contributed by atoms with Crippen molar-refractivity contribution in [2.45, 2.75) is 13.3 Å². The summed E-state index contributed by atoms with van der Waals surface area (Å²) in [5, 5.41) is 8.70. The maximum atomic E-state index is 13.4. The minimum Gasteiger partial charge on any atom is -0.478 e. The number of aliphatic carboxylic acids is 1. The van der Waals surface area contributed by atoms with E-state index >= 15 is 0 Å². The number of halogens is 1. The fourth-order valence-electron chi connectivity index (χ4n) is 2.48. The van der Waals surface area contributed by atoms with Crippen LogP contribution in [0.25, 0.3) is 6.08 Å². The van der Waals surface area contributed by atoms with Crippen molar-refractivity contribution in [3.05, 3.63) is 35.7 Å². The zero-order valence-corrected chi connectivity index (χ0v) is 11.7. The molecule has 3 N–H and O–H groups in total. The van der Waals surface area contributed by atoms with Crippen molar-refractivity contribution in [2.75, 3.05) is 18.0 Å². The normalized spacial score (nSPS) is 21.9. The van der Waals surface area contributed by atoms with Crippen molar-refractivity contribution in [3.63, 3.8) is 0 Å². The van der Waals surface area contributed by atoms with Crippen LogP contribution < -0.4 is 10.6 Å². The highest BCUT2D eigenvalue weighted by Gasteiger charge is 2.39. The van der Waals surface area contributed by atoms with E-state index in [0.29, 0.717) is 30.8 Å². The number of hydrogen-bond acceptors (Lipinski definition) is 3. The summed E-state index contributed by atoms with van der Waals surface area (Å²) < 4.78 is 13.4. The number of nitrogens with two attached hydrogens (primary N) is 1. The Kier molecular flexibility index (Phi) is 3.97. The predicted octanol–water partition coefficient (Wildman–Crippen LogP) is 1.63. The molecule has 0 bridgehead atoms. The molecule has 0 aliphatic carbocycles. The number of carboxylic acids is 1. The van der Waals surface area contributed by atoms with E-state index in [0.717, 1.165) is 6.08 Å². The van der Waals surface area contributed by atoms with Gasteiger partial charge in [-0.05, 0) is 37.6 Å². The molecular formula is C15H17FN2O3. The molecule has 0 spiro atoms. The van der Waals surface area contributed by atoms with E-state index in [1.165, 1.54) is 18.2 Å². The number of carbonyl (C=O) groups excluding carboxylic acids is 1. The first-order chi connectivity index (χ1) is 9.82. The van der Waals surface area contributed by atoms with E-state index in [9.17, 15) is 14.0 Å². The van der Waals surface area contributed by atoms with Gasteiger partial charge in [0.25, 0.3) is 0 Å². The molecule has 1 amide bonds. The number of anilines is 1. The van der Waals surface area contributed by atoms with Crippen molar-refractivity contribution < 1.29 is 19.1 Å². The molecule has 1 aliphatic heterocycles. The SMILES string of the molecule is CC1(C(N)=O)CCN(c2ccc(F)cc2/C=C/C(=O)O)C1. The first-order valence-corrected chi connectivity index (χ1v) is 6.57. The zero-order valence-electron chi connectivity index (χ0n) is 11.7. The van der Waals surface area contributed by atoms with Gasteiger partial charge < -0.3 is 15.7 Å². The highest BCUT2D eigenvalue weighted by molar-refractivity contribution is 5.87. The second-order valence-corrected chi connectivity index (χ2v) is 5.47. The second-order valence-electron chi connectivity index (χ2n) is 5.47. The number of hydrogen-bond donors (Lipinski definition) is 2. The summed E-state index contributed by atoms with van der Waals surface area (Å²) in [5.74, 6) is -1.91. The van der Waals surface area contributed by atoms with Crippen LogP contribution in [0.2, 0.25) is 0 Å².